The van der Waals surface area contributed by atoms with Crippen LogP contribution in [-0.4, -0.2) is 48.0 Å². The number of rotatable bonds is 4. The molecule has 1 aromatic rings. The van der Waals surface area contributed by atoms with Gasteiger partial charge in [-0.15, -0.1) is 0 Å². The summed E-state index contributed by atoms with van der Waals surface area (Å²) in [7, 11) is 0. The Morgan fingerprint density at radius 3 is 2.71 bits per heavy atom. The molecule has 7 heteroatoms. The molecule has 1 aromatic carbocycles. The average molecular weight is 293 g/mol. The van der Waals surface area contributed by atoms with Crippen LogP contribution in [0.15, 0.2) is 18.2 Å². The monoisotopic (exact) mass is 293 g/mol. The fourth-order valence-electron chi connectivity index (χ4n) is 2.34. The number of ether oxygens (including phenoxy) is 1. The van der Waals surface area contributed by atoms with Gasteiger partial charge in [0.25, 0.3) is 5.91 Å². The van der Waals surface area contributed by atoms with E-state index in [0.29, 0.717) is 18.7 Å². The second-order valence-corrected chi connectivity index (χ2v) is 5.01. The van der Waals surface area contributed by atoms with Crippen molar-refractivity contribution in [2.24, 2.45) is 0 Å². The van der Waals surface area contributed by atoms with Crippen LogP contribution < -0.4 is 10.1 Å². The van der Waals surface area contributed by atoms with Crippen LogP contribution in [0.5, 0.6) is 5.75 Å². The Morgan fingerprint density at radius 1 is 1.43 bits per heavy atom. The molecule has 1 aliphatic heterocycles. The van der Waals surface area contributed by atoms with Crippen molar-refractivity contribution in [3.8, 4) is 5.75 Å². The molecule has 1 fully saturated rings. The predicted molar refractivity (Wildman–Crippen MR) is 77.4 cm³/mol. The fourth-order valence-corrected chi connectivity index (χ4v) is 2.34. The van der Waals surface area contributed by atoms with Gasteiger partial charge in [0, 0.05) is 31.7 Å². The molecule has 1 unspecified atom stereocenters. The Morgan fingerprint density at radius 2 is 2.10 bits per heavy atom. The molecular formula is C14H19N3O4. The summed E-state index contributed by atoms with van der Waals surface area (Å²) in [6.45, 7) is 6.03. The third-order valence-electron chi connectivity index (χ3n) is 3.46. The fraction of sp³-hybridized carbons (Fsp3) is 0.500. The van der Waals surface area contributed by atoms with Gasteiger partial charge in [0.1, 0.15) is 0 Å². The maximum absolute atomic E-state index is 12.3. The van der Waals surface area contributed by atoms with E-state index < -0.39 is 11.0 Å². The van der Waals surface area contributed by atoms with Gasteiger partial charge >= 0.3 is 5.69 Å². The van der Waals surface area contributed by atoms with Crippen LogP contribution in [0.2, 0.25) is 0 Å². The number of nitrogens with zero attached hydrogens (tertiary/aromatic N) is 2. The van der Waals surface area contributed by atoms with Crippen LogP contribution in [0.4, 0.5) is 5.69 Å². The van der Waals surface area contributed by atoms with Gasteiger partial charge in [-0.25, -0.2) is 0 Å². The van der Waals surface area contributed by atoms with Gasteiger partial charge in [-0.3, -0.25) is 14.9 Å². The molecular weight excluding hydrogens is 274 g/mol. The summed E-state index contributed by atoms with van der Waals surface area (Å²) >= 11 is 0. The zero-order chi connectivity index (χ0) is 15.4. The molecule has 1 heterocycles. The lowest BCUT2D eigenvalue weighted by molar-refractivity contribution is -0.386. The number of hydrogen-bond donors (Lipinski definition) is 1. The first-order valence-corrected chi connectivity index (χ1v) is 6.91. The summed E-state index contributed by atoms with van der Waals surface area (Å²) in [6.07, 6.45) is -0.747. The first-order valence-electron chi connectivity index (χ1n) is 6.91. The van der Waals surface area contributed by atoms with Gasteiger partial charge in [0.05, 0.1) is 4.92 Å². The number of nitro benzene ring substituents is 1. The minimum absolute atomic E-state index is 0.0857. The first kappa shape index (κ1) is 15.2. The Balaban J connectivity index is 2.12. The number of carbonyl (C=O) groups is 1. The average Bonchev–Trinajstić information content (AvgIpc) is 2.47. The van der Waals surface area contributed by atoms with E-state index in [4.69, 9.17) is 4.74 Å². The summed E-state index contributed by atoms with van der Waals surface area (Å²) < 4.78 is 5.55. The molecule has 0 aromatic heterocycles. The molecule has 0 spiro atoms. The zero-order valence-electron chi connectivity index (χ0n) is 12.2. The van der Waals surface area contributed by atoms with Crippen molar-refractivity contribution in [2.75, 3.05) is 26.2 Å². The molecule has 1 atom stereocenters. The highest BCUT2D eigenvalue weighted by molar-refractivity contribution is 5.81. The SMILES string of the molecule is Cc1cccc(OC(C)C(=O)N2CCNCC2)c1[N+](=O)[O-]. The smallest absolute Gasteiger partial charge is 0.313 e. The summed E-state index contributed by atoms with van der Waals surface area (Å²) in [4.78, 5) is 24.6. The topological polar surface area (TPSA) is 84.7 Å². The maximum atomic E-state index is 12.3. The van der Waals surface area contributed by atoms with Gasteiger partial charge < -0.3 is 15.0 Å². The molecule has 21 heavy (non-hydrogen) atoms. The van der Waals surface area contributed by atoms with E-state index in [-0.39, 0.29) is 17.3 Å². The summed E-state index contributed by atoms with van der Waals surface area (Å²) in [5.41, 5.74) is 0.428. The van der Waals surface area contributed by atoms with Gasteiger partial charge in [-0.05, 0) is 19.9 Å². The van der Waals surface area contributed by atoms with E-state index in [9.17, 15) is 14.9 Å². The Labute approximate surface area is 123 Å². The van der Waals surface area contributed by atoms with Gasteiger partial charge in [0.15, 0.2) is 11.9 Å². The predicted octanol–water partition coefficient (Wildman–Crippen LogP) is 1.10. The lowest BCUT2D eigenvalue weighted by Gasteiger charge is -2.29. The number of hydrogen-bond acceptors (Lipinski definition) is 5. The van der Waals surface area contributed by atoms with Crippen molar-refractivity contribution in [3.05, 3.63) is 33.9 Å². The lowest BCUT2D eigenvalue weighted by atomic mass is 10.2. The molecule has 1 N–H and O–H groups in total. The zero-order valence-corrected chi connectivity index (χ0v) is 12.2. The van der Waals surface area contributed by atoms with Crippen LogP contribution in [0.3, 0.4) is 0 Å². The van der Waals surface area contributed by atoms with Crippen molar-refractivity contribution >= 4 is 11.6 Å². The van der Waals surface area contributed by atoms with Gasteiger partial charge in [0.2, 0.25) is 0 Å². The third kappa shape index (κ3) is 3.49. The quantitative estimate of drug-likeness (QED) is 0.664. The van der Waals surface area contributed by atoms with Crippen LogP contribution in [0.1, 0.15) is 12.5 Å². The molecule has 0 saturated carbocycles. The molecule has 0 aliphatic carbocycles. The summed E-state index contributed by atoms with van der Waals surface area (Å²) in [5.74, 6) is -0.0108. The van der Waals surface area contributed by atoms with Gasteiger partial charge in [-0.1, -0.05) is 12.1 Å². The van der Waals surface area contributed by atoms with E-state index in [0.717, 1.165) is 13.1 Å². The van der Waals surface area contributed by atoms with E-state index in [1.165, 1.54) is 6.07 Å². The Hall–Kier alpha value is -2.15. The molecule has 7 nitrogen and oxygen atoms in total. The minimum Gasteiger partial charge on any atom is -0.474 e. The Bertz CT molecular complexity index is 541. The number of carbonyl (C=O) groups excluding carboxylic acids is 1. The number of aryl methyl sites for hydroxylation is 1. The molecule has 1 amide bonds. The van der Waals surface area contributed by atoms with Crippen molar-refractivity contribution < 1.29 is 14.5 Å². The molecule has 0 radical (unpaired) electrons. The minimum atomic E-state index is -0.747. The van der Waals surface area contributed by atoms with Crippen molar-refractivity contribution in [3.63, 3.8) is 0 Å². The first-order chi connectivity index (χ1) is 10.0. The van der Waals surface area contributed by atoms with E-state index in [1.807, 2.05) is 0 Å². The highest BCUT2D eigenvalue weighted by Gasteiger charge is 2.26. The van der Waals surface area contributed by atoms with E-state index in [1.54, 1.807) is 30.9 Å². The number of piperazine rings is 1. The number of benzene rings is 1. The van der Waals surface area contributed by atoms with Crippen molar-refractivity contribution in [1.29, 1.82) is 0 Å². The number of nitro groups is 1. The van der Waals surface area contributed by atoms with Gasteiger partial charge in [-0.2, -0.15) is 0 Å². The second-order valence-electron chi connectivity index (χ2n) is 5.01. The molecule has 2 rings (SSSR count). The lowest BCUT2D eigenvalue weighted by Crippen LogP contribution is -2.50. The molecule has 0 bridgehead atoms. The summed E-state index contributed by atoms with van der Waals surface area (Å²) in [5, 5.41) is 14.3. The molecule has 114 valence electrons. The number of para-hydroxylation sites is 1. The molecule has 1 aliphatic rings. The number of nitrogens with one attached hydrogen (secondary N) is 1. The van der Waals surface area contributed by atoms with Crippen LogP contribution in [0, 0.1) is 17.0 Å². The van der Waals surface area contributed by atoms with E-state index >= 15 is 0 Å². The van der Waals surface area contributed by atoms with Crippen molar-refractivity contribution in [1.82, 2.24) is 10.2 Å². The normalized spacial score (nSPS) is 16.4. The van der Waals surface area contributed by atoms with E-state index in [2.05, 4.69) is 5.32 Å². The van der Waals surface area contributed by atoms with Crippen LogP contribution >= 0.6 is 0 Å². The largest absolute Gasteiger partial charge is 0.474 e. The maximum Gasteiger partial charge on any atom is 0.313 e. The third-order valence-corrected chi connectivity index (χ3v) is 3.46. The van der Waals surface area contributed by atoms with Crippen LogP contribution in [-0.2, 0) is 4.79 Å². The standard InChI is InChI=1S/C14H19N3O4/c1-10-4-3-5-12(13(10)17(19)20)21-11(2)14(18)16-8-6-15-7-9-16/h3-5,11,15H,6-9H2,1-2H3. The molecule has 1 saturated heterocycles. The van der Waals surface area contributed by atoms with Crippen LogP contribution in [0.25, 0.3) is 0 Å². The highest BCUT2D eigenvalue weighted by atomic mass is 16.6. The second kappa shape index (κ2) is 6.53. The summed E-state index contributed by atoms with van der Waals surface area (Å²) in [6, 6.07) is 4.85. The number of amides is 1. The highest BCUT2D eigenvalue weighted by Crippen LogP contribution is 2.31. The Kier molecular flexibility index (Phi) is 4.74. The van der Waals surface area contributed by atoms with Crippen molar-refractivity contribution in [2.45, 2.75) is 20.0 Å².